The maximum absolute atomic E-state index is 12.9. The van der Waals surface area contributed by atoms with Crippen LogP contribution in [0.1, 0.15) is 12.5 Å². The summed E-state index contributed by atoms with van der Waals surface area (Å²) in [7, 11) is 0. The number of benzene rings is 2. The highest BCUT2D eigenvalue weighted by molar-refractivity contribution is 8.00. The molecule has 1 atom stereocenters. The third-order valence-electron chi connectivity index (χ3n) is 5.10. The van der Waals surface area contributed by atoms with Crippen molar-refractivity contribution < 1.29 is 18.7 Å². The van der Waals surface area contributed by atoms with Gasteiger partial charge in [-0.2, -0.15) is 0 Å². The summed E-state index contributed by atoms with van der Waals surface area (Å²) in [6.07, 6.45) is 1.60. The van der Waals surface area contributed by atoms with Crippen LogP contribution in [0.2, 0.25) is 0 Å². The average Bonchev–Trinajstić information content (AvgIpc) is 3.50. The number of aromatic nitrogens is 3. The van der Waals surface area contributed by atoms with E-state index in [9.17, 15) is 4.79 Å². The highest BCUT2D eigenvalue weighted by Gasteiger charge is 2.23. The zero-order chi connectivity index (χ0) is 22.6. The lowest BCUT2D eigenvalue weighted by atomic mass is 10.2. The summed E-state index contributed by atoms with van der Waals surface area (Å²) in [6.45, 7) is 3.41. The molecule has 2 aromatic carbocycles. The Morgan fingerprint density at radius 3 is 2.67 bits per heavy atom. The molecule has 2 aromatic heterocycles. The first-order valence-electron chi connectivity index (χ1n) is 10.6. The largest absolute Gasteiger partial charge is 0.486 e. The van der Waals surface area contributed by atoms with Crippen LogP contribution in [0.25, 0.3) is 11.6 Å². The van der Waals surface area contributed by atoms with Crippen molar-refractivity contribution in [3.05, 3.63) is 72.5 Å². The van der Waals surface area contributed by atoms with Gasteiger partial charge in [-0.05, 0) is 36.8 Å². The topological polar surface area (TPSA) is 91.4 Å². The maximum Gasteiger partial charge on any atom is 0.237 e. The summed E-state index contributed by atoms with van der Waals surface area (Å²) in [6, 6.07) is 19.1. The lowest BCUT2D eigenvalue weighted by Gasteiger charge is -2.19. The number of furan rings is 1. The van der Waals surface area contributed by atoms with Crippen LogP contribution in [-0.4, -0.2) is 39.1 Å². The summed E-state index contributed by atoms with van der Waals surface area (Å²) in [5.41, 5.74) is 1.75. The molecule has 3 heterocycles. The fourth-order valence-corrected chi connectivity index (χ4v) is 4.30. The fourth-order valence-electron chi connectivity index (χ4n) is 3.45. The van der Waals surface area contributed by atoms with Crippen molar-refractivity contribution in [3.63, 3.8) is 0 Å². The molecule has 1 amide bonds. The van der Waals surface area contributed by atoms with Crippen molar-refractivity contribution in [2.75, 3.05) is 18.5 Å². The monoisotopic (exact) mass is 462 g/mol. The van der Waals surface area contributed by atoms with Gasteiger partial charge in [0, 0.05) is 11.8 Å². The van der Waals surface area contributed by atoms with E-state index in [4.69, 9.17) is 13.9 Å². The average molecular weight is 463 g/mol. The Morgan fingerprint density at radius 2 is 1.88 bits per heavy atom. The van der Waals surface area contributed by atoms with Crippen LogP contribution < -0.4 is 14.8 Å². The Hall–Kier alpha value is -3.72. The normalized spacial score (nSPS) is 13.5. The minimum Gasteiger partial charge on any atom is -0.486 e. The van der Waals surface area contributed by atoms with Crippen molar-refractivity contribution in [1.29, 1.82) is 0 Å². The molecule has 33 heavy (non-hydrogen) atoms. The van der Waals surface area contributed by atoms with Crippen molar-refractivity contribution in [1.82, 2.24) is 14.8 Å². The van der Waals surface area contributed by atoms with Crippen LogP contribution in [0.15, 0.2) is 76.5 Å². The first kappa shape index (κ1) is 21.1. The minimum absolute atomic E-state index is 0.148. The van der Waals surface area contributed by atoms with Gasteiger partial charge in [0.25, 0.3) is 0 Å². The zero-order valence-electron chi connectivity index (χ0n) is 17.9. The van der Waals surface area contributed by atoms with Crippen molar-refractivity contribution >= 4 is 23.4 Å². The highest BCUT2D eigenvalue weighted by atomic mass is 32.2. The van der Waals surface area contributed by atoms with E-state index in [1.807, 2.05) is 54.0 Å². The molecule has 0 saturated carbocycles. The predicted molar refractivity (Wildman–Crippen MR) is 125 cm³/mol. The second-order valence-electron chi connectivity index (χ2n) is 7.46. The molecule has 5 rings (SSSR count). The molecule has 0 aliphatic carbocycles. The van der Waals surface area contributed by atoms with Gasteiger partial charge in [0.15, 0.2) is 22.4 Å². The smallest absolute Gasteiger partial charge is 0.237 e. The third-order valence-corrected chi connectivity index (χ3v) is 6.18. The lowest BCUT2D eigenvalue weighted by molar-refractivity contribution is -0.115. The minimum atomic E-state index is -0.415. The number of nitrogens with zero attached hydrogens (tertiary/aromatic N) is 3. The molecular formula is C24H22N4O4S. The van der Waals surface area contributed by atoms with E-state index in [1.165, 1.54) is 11.8 Å². The number of nitrogens with one attached hydrogen (secondary N) is 1. The van der Waals surface area contributed by atoms with E-state index in [0.717, 1.165) is 5.56 Å². The predicted octanol–water partition coefficient (Wildman–Crippen LogP) is 4.48. The molecule has 1 aliphatic rings. The van der Waals surface area contributed by atoms with Crippen LogP contribution in [0, 0.1) is 0 Å². The van der Waals surface area contributed by atoms with E-state index in [1.54, 1.807) is 24.5 Å². The molecule has 0 radical (unpaired) electrons. The van der Waals surface area contributed by atoms with Gasteiger partial charge >= 0.3 is 0 Å². The van der Waals surface area contributed by atoms with E-state index < -0.39 is 5.25 Å². The van der Waals surface area contributed by atoms with Crippen molar-refractivity contribution in [2.45, 2.75) is 23.9 Å². The Labute approximate surface area is 194 Å². The quantitative estimate of drug-likeness (QED) is 0.405. The summed E-state index contributed by atoms with van der Waals surface area (Å²) in [4.78, 5) is 12.9. The number of rotatable bonds is 7. The molecule has 168 valence electrons. The first-order valence-corrected chi connectivity index (χ1v) is 11.4. The molecular weight excluding hydrogens is 440 g/mol. The summed E-state index contributed by atoms with van der Waals surface area (Å²) in [5, 5.41) is 11.9. The van der Waals surface area contributed by atoms with Gasteiger partial charge in [-0.3, -0.25) is 9.36 Å². The van der Waals surface area contributed by atoms with Crippen LogP contribution in [0.5, 0.6) is 11.5 Å². The molecule has 4 aromatic rings. The lowest BCUT2D eigenvalue weighted by Crippen LogP contribution is -2.23. The number of carbonyl (C=O) groups excluding carboxylic acids is 1. The summed E-state index contributed by atoms with van der Waals surface area (Å²) in [5.74, 6) is 2.40. The summed E-state index contributed by atoms with van der Waals surface area (Å²) < 4.78 is 18.7. The molecule has 1 aliphatic heterocycles. The molecule has 0 bridgehead atoms. The molecule has 1 N–H and O–H groups in total. The van der Waals surface area contributed by atoms with Gasteiger partial charge in [0.05, 0.1) is 18.1 Å². The summed E-state index contributed by atoms with van der Waals surface area (Å²) >= 11 is 1.34. The fraction of sp³-hybridized carbons (Fsp3) is 0.208. The Kier molecular flexibility index (Phi) is 6.03. The van der Waals surface area contributed by atoms with Gasteiger partial charge in [-0.15, -0.1) is 10.2 Å². The SMILES string of the molecule is C[C@H](Sc1nnc(-c2ccco2)n1Cc1ccccc1)C(=O)Nc1ccc2c(c1)OCCO2. The van der Waals surface area contributed by atoms with Gasteiger partial charge in [0.2, 0.25) is 11.7 Å². The molecule has 9 heteroatoms. The van der Waals surface area contributed by atoms with Crippen molar-refractivity contribution in [2.24, 2.45) is 0 Å². The molecule has 0 fully saturated rings. The second-order valence-corrected chi connectivity index (χ2v) is 8.77. The molecule has 0 unspecified atom stereocenters. The zero-order valence-corrected chi connectivity index (χ0v) is 18.7. The number of hydrogen-bond acceptors (Lipinski definition) is 7. The van der Waals surface area contributed by atoms with Gasteiger partial charge < -0.3 is 19.2 Å². The maximum atomic E-state index is 12.9. The standard InChI is InChI=1S/C24H22N4O4S/c1-16(23(29)25-18-9-10-19-21(14-18)32-13-12-31-19)33-24-27-26-22(20-8-5-11-30-20)28(24)15-17-6-3-2-4-7-17/h2-11,14,16H,12-13,15H2,1H3,(H,25,29)/t16-/m0/s1. The van der Waals surface area contributed by atoms with Crippen LogP contribution in [-0.2, 0) is 11.3 Å². The van der Waals surface area contributed by atoms with Crippen LogP contribution in [0.3, 0.4) is 0 Å². The van der Waals surface area contributed by atoms with E-state index in [-0.39, 0.29) is 5.91 Å². The first-order chi connectivity index (χ1) is 16.2. The van der Waals surface area contributed by atoms with Gasteiger partial charge in [-0.25, -0.2) is 0 Å². The molecule has 8 nitrogen and oxygen atoms in total. The Morgan fingerprint density at radius 1 is 1.06 bits per heavy atom. The van der Waals surface area contributed by atoms with E-state index in [0.29, 0.717) is 53.7 Å². The Bertz CT molecular complexity index is 1240. The van der Waals surface area contributed by atoms with Crippen LogP contribution >= 0.6 is 11.8 Å². The number of fused-ring (bicyclic) bond motifs is 1. The van der Waals surface area contributed by atoms with Crippen molar-refractivity contribution in [3.8, 4) is 23.1 Å². The van der Waals surface area contributed by atoms with Gasteiger partial charge in [-0.1, -0.05) is 42.1 Å². The third kappa shape index (κ3) is 4.73. The number of carbonyl (C=O) groups is 1. The number of anilines is 1. The highest BCUT2D eigenvalue weighted by Crippen LogP contribution is 2.33. The van der Waals surface area contributed by atoms with E-state index in [2.05, 4.69) is 15.5 Å². The molecule has 0 spiro atoms. The number of hydrogen-bond donors (Lipinski definition) is 1. The number of ether oxygens (including phenoxy) is 2. The molecule has 0 saturated heterocycles. The van der Waals surface area contributed by atoms with E-state index >= 15 is 0 Å². The van der Waals surface area contributed by atoms with Crippen LogP contribution in [0.4, 0.5) is 5.69 Å². The van der Waals surface area contributed by atoms with Gasteiger partial charge in [0.1, 0.15) is 13.2 Å². The number of amides is 1. The Balaban J connectivity index is 1.34. The number of thioether (sulfide) groups is 1. The second kappa shape index (κ2) is 9.41.